The van der Waals surface area contributed by atoms with Crippen molar-refractivity contribution < 1.29 is 14.3 Å². The molecule has 98 valence electrons. The van der Waals surface area contributed by atoms with Crippen molar-refractivity contribution >= 4 is 11.8 Å². The third-order valence-corrected chi connectivity index (χ3v) is 4.98. The fraction of sp³-hybridized carbons (Fsp3) is 0.714. The van der Waals surface area contributed by atoms with Crippen LogP contribution >= 0.6 is 0 Å². The average Bonchev–Trinajstić information content (AvgIpc) is 2.89. The van der Waals surface area contributed by atoms with Gasteiger partial charge in [0.15, 0.2) is 5.78 Å². The van der Waals surface area contributed by atoms with Crippen LogP contribution in [0.15, 0.2) is 11.6 Å². The molecule has 0 N–H and O–H groups in total. The number of carbonyl (C=O) groups is 2. The molecule has 2 aliphatic heterocycles. The molecule has 0 amide bonds. The molecule has 0 radical (unpaired) electrons. The third kappa shape index (κ3) is 1.41. The second kappa shape index (κ2) is 3.92. The van der Waals surface area contributed by atoms with E-state index in [9.17, 15) is 9.59 Å². The Morgan fingerprint density at radius 1 is 1.56 bits per heavy atom. The van der Waals surface area contributed by atoms with Crippen molar-refractivity contribution in [2.45, 2.75) is 31.7 Å². The van der Waals surface area contributed by atoms with E-state index < -0.39 is 5.54 Å². The van der Waals surface area contributed by atoms with Gasteiger partial charge in [-0.2, -0.15) is 0 Å². The molecule has 0 spiro atoms. The lowest BCUT2D eigenvalue weighted by atomic mass is 9.75. The number of piperidine rings is 1. The van der Waals surface area contributed by atoms with E-state index >= 15 is 0 Å². The Morgan fingerprint density at radius 3 is 3.06 bits per heavy atom. The highest BCUT2D eigenvalue weighted by Crippen LogP contribution is 2.47. The van der Waals surface area contributed by atoms with Crippen molar-refractivity contribution in [3.63, 3.8) is 0 Å². The van der Waals surface area contributed by atoms with Crippen LogP contribution in [0, 0.1) is 11.8 Å². The summed E-state index contributed by atoms with van der Waals surface area (Å²) in [6.45, 7) is 3.67. The predicted octanol–water partition coefficient (Wildman–Crippen LogP) is 1.16. The molecule has 2 heterocycles. The minimum Gasteiger partial charge on any atom is -0.468 e. The highest BCUT2D eigenvalue weighted by atomic mass is 16.5. The molecule has 0 bridgehead atoms. The number of hydrogen-bond acceptors (Lipinski definition) is 4. The van der Waals surface area contributed by atoms with Gasteiger partial charge < -0.3 is 4.74 Å². The van der Waals surface area contributed by atoms with Crippen molar-refractivity contribution in [1.82, 2.24) is 4.90 Å². The molecule has 0 aromatic rings. The Balaban J connectivity index is 1.95. The summed E-state index contributed by atoms with van der Waals surface area (Å²) in [4.78, 5) is 26.2. The molecule has 2 fully saturated rings. The number of allylic oxidation sites excluding steroid dienone is 1. The van der Waals surface area contributed by atoms with E-state index in [2.05, 4.69) is 4.90 Å². The van der Waals surface area contributed by atoms with Gasteiger partial charge in [-0.1, -0.05) is 6.92 Å². The van der Waals surface area contributed by atoms with Gasteiger partial charge >= 0.3 is 5.97 Å². The van der Waals surface area contributed by atoms with E-state index in [1.54, 1.807) is 6.08 Å². The SMILES string of the molecule is COC(=O)C12CCCN1CC1=CC(=O)C(C)C1C2. The summed E-state index contributed by atoms with van der Waals surface area (Å²) in [5, 5.41) is 0. The molecule has 18 heavy (non-hydrogen) atoms. The van der Waals surface area contributed by atoms with Crippen LogP contribution in [0.3, 0.4) is 0 Å². The van der Waals surface area contributed by atoms with Crippen LogP contribution in [0.1, 0.15) is 26.2 Å². The average molecular weight is 249 g/mol. The first-order valence-electron chi connectivity index (χ1n) is 6.66. The third-order valence-electron chi connectivity index (χ3n) is 4.98. The van der Waals surface area contributed by atoms with Gasteiger partial charge in [-0.25, -0.2) is 0 Å². The van der Waals surface area contributed by atoms with Crippen LogP contribution in [0.4, 0.5) is 0 Å². The summed E-state index contributed by atoms with van der Waals surface area (Å²) in [5.74, 6) is 0.372. The summed E-state index contributed by atoms with van der Waals surface area (Å²) >= 11 is 0. The maximum atomic E-state index is 12.2. The predicted molar refractivity (Wildman–Crippen MR) is 65.9 cm³/mol. The molecular formula is C14H19NO3. The normalized spacial score (nSPS) is 39.2. The summed E-state index contributed by atoms with van der Waals surface area (Å²) in [7, 11) is 1.46. The lowest BCUT2D eigenvalue weighted by Crippen LogP contribution is -2.56. The first-order valence-corrected chi connectivity index (χ1v) is 6.66. The number of methoxy groups -OCH3 is 1. The van der Waals surface area contributed by atoms with Gasteiger partial charge in [-0.15, -0.1) is 0 Å². The summed E-state index contributed by atoms with van der Waals surface area (Å²) in [6.07, 6.45) is 4.45. The maximum Gasteiger partial charge on any atom is 0.326 e. The Morgan fingerprint density at radius 2 is 2.33 bits per heavy atom. The fourth-order valence-corrected chi connectivity index (χ4v) is 3.90. The van der Waals surface area contributed by atoms with Crippen molar-refractivity contribution in [1.29, 1.82) is 0 Å². The van der Waals surface area contributed by atoms with E-state index in [0.717, 1.165) is 32.4 Å². The van der Waals surface area contributed by atoms with Crippen LogP contribution in [-0.4, -0.2) is 42.4 Å². The zero-order valence-corrected chi connectivity index (χ0v) is 10.9. The molecule has 2 saturated heterocycles. The van der Waals surface area contributed by atoms with Crippen molar-refractivity contribution in [2.24, 2.45) is 11.8 Å². The van der Waals surface area contributed by atoms with Crippen LogP contribution in [0.5, 0.6) is 0 Å². The van der Waals surface area contributed by atoms with E-state index in [0.29, 0.717) is 0 Å². The molecule has 3 aliphatic rings. The highest BCUT2D eigenvalue weighted by molar-refractivity contribution is 5.96. The molecule has 3 atom stereocenters. The van der Waals surface area contributed by atoms with Crippen LogP contribution in [0.2, 0.25) is 0 Å². The minimum atomic E-state index is -0.463. The number of esters is 1. The van der Waals surface area contributed by atoms with Gasteiger partial charge in [-0.05, 0) is 43.4 Å². The number of ketones is 1. The summed E-state index contributed by atoms with van der Waals surface area (Å²) in [5.41, 5.74) is 0.754. The van der Waals surface area contributed by atoms with Crippen LogP contribution < -0.4 is 0 Å². The lowest BCUT2D eigenvalue weighted by Gasteiger charge is -2.44. The molecule has 4 heteroatoms. The summed E-state index contributed by atoms with van der Waals surface area (Å²) < 4.78 is 5.02. The number of ether oxygens (including phenoxy) is 1. The number of hydrogen-bond donors (Lipinski definition) is 0. The first kappa shape index (κ1) is 11.9. The van der Waals surface area contributed by atoms with Gasteiger partial charge in [0.05, 0.1) is 7.11 Å². The van der Waals surface area contributed by atoms with Gasteiger partial charge in [0, 0.05) is 12.5 Å². The molecule has 0 aromatic carbocycles. The largest absolute Gasteiger partial charge is 0.468 e. The topological polar surface area (TPSA) is 46.6 Å². The highest BCUT2D eigenvalue weighted by Gasteiger charge is 2.55. The number of rotatable bonds is 1. The Kier molecular flexibility index (Phi) is 2.59. The molecule has 0 saturated carbocycles. The molecule has 1 aliphatic carbocycles. The van der Waals surface area contributed by atoms with Crippen molar-refractivity contribution in [3.05, 3.63) is 11.6 Å². The lowest BCUT2D eigenvalue weighted by molar-refractivity contribution is -0.156. The fourth-order valence-electron chi connectivity index (χ4n) is 3.90. The Hall–Kier alpha value is -1.16. The second-order valence-corrected chi connectivity index (χ2v) is 5.77. The van der Waals surface area contributed by atoms with E-state index in [4.69, 9.17) is 4.74 Å². The van der Waals surface area contributed by atoms with E-state index in [-0.39, 0.29) is 23.6 Å². The number of fused-ring (bicyclic) bond motifs is 2. The standard InChI is InChI=1S/C14H19NO3/c1-9-11-7-14(13(17)18-2)4-3-5-15(14)8-10(11)6-12(9)16/h6,9,11H,3-5,7-8H2,1-2H3. The molecular weight excluding hydrogens is 230 g/mol. The van der Waals surface area contributed by atoms with Gasteiger partial charge in [0.25, 0.3) is 0 Å². The number of nitrogens with zero attached hydrogens (tertiary/aromatic N) is 1. The van der Waals surface area contributed by atoms with Crippen LogP contribution in [-0.2, 0) is 14.3 Å². The minimum absolute atomic E-state index is 0.0317. The summed E-state index contributed by atoms with van der Waals surface area (Å²) in [6, 6.07) is 0. The van der Waals surface area contributed by atoms with E-state index in [1.165, 1.54) is 12.7 Å². The second-order valence-electron chi connectivity index (χ2n) is 5.77. The smallest absolute Gasteiger partial charge is 0.326 e. The monoisotopic (exact) mass is 249 g/mol. The molecule has 0 aromatic heterocycles. The van der Waals surface area contributed by atoms with Gasteiger partial charge in [0.2, 0.25) is 0 Å². The van der Waals surface area contributed by atoms with Crippen molar-refractivity contribution in [3.8, 4) is 0 Å². The van der Waals surface area contributed by atoms with Gasteiger partial charge in [-0.3, -0.25) is 14.5 Å². The van der Waals surface area contributed by atoms with Crippen LogP contribution in [0.25, 0.3) is 0 Å². The van der Waals surface area contributed by atoms with Gasteiger partial charge in [0.1, 0.15) is 5.54 Å². The first-order chi connectivity index (χ1) is 8.58. The van der Waals surface area contributed by atoms with E-state index in [1.807, 2.05) is 6.92 Å². The number of carbonyl (C=O) groups excluding carboxylic acids is 2. The zero-order chi connectivity index (χ0) is 12.9. The molecule has 4 nitrogen and oxygen atoms in total. The Bertz CT molecular complexity index is 442. The molecule has 3 rings (SSSR count). The zero-order valence-electron chi connectivity index (χ0n) is 10.9. The quantitative estimate of drug-likeness (QED) is 0.654. The Labute approximate surface area is 107 Å². The van der Waals surface area contributed by atoms with Crippen molar-refractivity contribution in [2.75, 3.05) is 20.2 Å². The maximum absolute atomic E-state index is 12.2. The molecule has 3 unspecified atom stereocenters.